The van der Waals surface area contributed by atoms with E-state index in [4.69, 9.17) is 14.5 Å². The second-order valence-corrected chi connectivity index (χ2v) is 8.21. The first kappa shape index (κ1) is 21.3. The molecule has 0 aliphatic heterocycles. The summed E-state index contributed by atoms with van der Waals surface area (Å²) in [4.78, 5) is 9.32. The zero-order valence-electron chi connectivity index (χ0n) is 16.8. The first-order valence-corrected chi connectivity index (χ1v) is 10.9. The fourth-order valence-corrected chi connectivity index (χ4v) is 4.08. The fourth-order valence-electron chi connectivity index (χ4n) is 3.13. The molecule has 0 aliphatic carbocycles. The van der Waals surface area contributed by atoms with Crippen LogP contribution in [-0.4, -0.2) is 30.4 Å². The molecule has 0 atom stereocenters. The number of hydrogen-bond donors (Lipinski definition) is 1. The van der Waals surface area contributed by atoms with Crippen molar-refractivity contribution < 1.29 is 9.47 Å². The van der Waals surface area contributed by atoms with Gasteiger partial charge in [-0.15, -0.1) is 0 Å². The Hall–Kier alpha value is -2.97. The number of aromatic nitrogens is 2. The van der Waals surface area contributed by atoms with E-state index in [9.17, 15) is 0 Å². The molecule has 6 nitrogen and oxygen atoms in total. The van der Waals surface area contributed by atoms with Gasteiger partial charge in [0.05, 0.1) is 36.1 Å². The van der Waals surface area contributed by atoms with Crippen molar-refractivity contribution in [3.05, 3.63) is 75.2 Å². The van der Waals surface area contributed by atoms with Crippen LogP contribution in [0, 0.1) is 0 Å². The van der Waals surface area contributed by atoms with Crippen LogP contribution in [0.25, 0.3) is 22.2 Å². The fraction of sp³-hybridized carbons (Fsp3) is 0.0870. The standard InChI is InChI=1S/C23H18Br2N4O2/c1-30-19-11-8-15(20(25)22(19)31-2)13-26-29-23-27-18-10-9-16(24)12-17(18)21(28-23)14-6-4-3-5-7-14/h3-13H,1-2H3,(H,27,28,29)/b26-13-. The number of fused-ring (bicyclic) bond motifs is 1. The Bertz CT molecular complexity index is 1260. The molecule has 0 saturated heterocycles. The summed E-state index contributed by atoms with van der Waals surface area (Å²) in [7, 11) is 3.19. The van der Waals surface area contributed by atoms with Crippen LogP contribution < -0.4 is 14.9 Å². The molecule has 0 aliphatic rings. The predicted octanol–water partition coefficient (Wildman–Crippen LogP) is 6.29. The predicted molar refractivity (Wildman–Crippen MR) is 131 cm³/mol. The molecule has 0 radical (unpaired) electrons. The van der Waals surface area contributed by atoms with Crippen LogP contribution >= 0.6 is 31.9 Å². The van der Waals surface area contributed by atoms with Crippen LogP contribution in [0.15, 0.2) is 74.7 Å². The molecule has 0 spiro atoms. The number of nitrogens with zero attached hydrogens (tertiary/aromatic N) is 3. The molecule has 4 rings (SSSR count). The molecule has 0 amide bonds. The highest BCUT2D eigenvalue weighted by atomic mass is 79.9. The maximum absolute atomic E-state index is 5.41. The van der Waals surface area contributed by atoms with Gasteiger partial charge in [-0.2, -0.15) is 5.10 Å². The average Bonchev–Trinajstić information content (AvgIpc) is 2.80. The molecule has 1 N–H and O–H groups in total. The molecule has 31 heavy (non-hydrogen) atoms. The van der Waals surface area contributed by atoms with Gasteiger partial charge in [-0.05, 0) is 46.3 Å². The lowest BCUT2D eigenvalue weighted by atomic mass is 10.1. The molecule has 1 heterocycles. The van der Waals surface area contributed by atoms with Crippen molar-refractivity contribution in [1.29, 1.82) is 0 Å². The van der Waals surface area contributed by atoms with Gasteiger partial charge in [-0.1, -0.05) is 46.3 Å². The minimum Gasteiger partial charge on any atom is -0.493 e. The minimum atomic E-state index is 0.404. The number of nitrogens with one attached hydrogen (secondary N) is 1. The SMILES string of the molecule is COc1ccc(/C=N\Nc2nc(-c3ccccc3)c3cc(Br)ccc3n2)c(Br)c1OC. The molecule has 0 bridgehead atoms. The van der Waals surface area contributed by atoms with Gasteiger partial charge in [0.1, 0.15) is 0 Å². The van der Waals surface area contributed by atoms with Crippen molar-refractivity contribution in [2.45, 2.75) is 0 Å². The Morgan fingerprint density at radius 3 is 2.48 bits per heavy atom. The number of methoxy groups -OCH3 is 2. The molecular formula is C23H18Br2N4O2. The summed E-state index contributed by atoms with van der Waals surface area (Å²) in [5.41, 5.74) is 6.42. The van der Waals surface area contributed by atoms with Gasteiger partial charge >= 0.3 is 0 Å². The van der Waals surface area contributed by atoms with Crippen LogP contribution in [0.2, 0.25) is 0 Å². The number of hydrazone groups is 1. The molecule has 0 fully saturated rings. The summed E-state index contributed by atoms with van der Waals surface area (Å²) in [5, 5.41) is 5.28. The van der Waals surface area contributed by atoms with Gasteiger partial charge in [0.15, 0.2) is 11.5 Å². The highest BCUT2D eigenvalue weighted by Gasteiger charge is 2.12. The molecule has 8 heteroatoms. The molecule has 1 aromatic heterocycles. The van der Waals surface area contributed by atoms with Crippen molar-refractivity contribution in [2.75, 3.05) is 19.6 Å². The summed E-state index contributed by atoms with van der Waals surface area (Å²) in [6.07, 6.45) is 1.67. The topological polar surface area (TPSA) is 68.6 Å². The number of ether oxygens (including phenoxy) is 2. The monoisotopic (exact) mass is 540 g/mol. The summed E-state index contributed by atoms with van der Waals surface area (Å²) in [6, 6.07) is 19.6. The van der Waals surface area contributed by atoms with E-state index >= 15 is 0 Å². The number of hydrogen-bond acceptors (Lipinski definition) is 6. The van der Waals surface area contributed by atoms with E-state index in [1.807, 2.05) is 60.7 Å². The van der Waals surface area contributed by atoms with Crippen molar-refractivity contribution >= 4 is 54.9 Å². The lowest BCUT2D eigenvalue weighted by Crippen LogP contribution is -2.00. The number of rotatable bonds is 6. The van der Waals surface area contributed by atoms with Gasteiger partial charge in [-0.25, -0.2) is 15.4 Å². The summed E-state index contributed by atoms with van der Waals surface area (Å²) >= 11 is 7.08. The van der Waals surface area contributed by atoms with E-state index in [0.717, 1.165) is 36.7 Å². The van der Waals surface area contributed by atoms with Crippen molar-refractivity contribution in [3.63, 3.8) is 0 Å². The lowest BCUT2D eigenvalue weighted by Gasteiger charge is -2.11. The number of anilines is 1. The lowest BCUT2D eigenvalue weighted by molar-refractivity contribution is 0.353. The summed E-state index contributed by atoms with van der Waals surface area (Å²) in [5.74, 6) is 1.64. The van der Waals surface area contributed by atoms with Gasteiger partial charge in [0.25, 0.3) is 0 Å². The van der Waals surface area contributed by atoms with Crippen molar-refractivity contribution in [3.8, 4) is 22.8 Å². The smallest absolute Gasteiger partial charge is 0.244 e. The van der Waals surface area contributed by atoms with Crippen molar-refractivity contribution in [1.82, 2.24) is 9.97 Å². The molecule has 156 valence electrons. The second-order valence-electron chi connectivity index (χ2n) is 6.50. The third kappa shape index (κ3) is 4.55. The summed E-state index contributed by atoms with van der Waals surface area (Å²) < 4.78 is 12.4. The van der Waals surface area contributed by atoms with Crippen LogP contribution in [0.3, 0.4) is 0 Å². The van der Waals surface area contributed by atoms with Crippen molar-refractivity contribution in [2.24, 2.45) is 5.10 Å². The van der Waals surface area contributed by atoms with Crippen LogP contribution in [0.5, 0.6) is 11.5 Å². The second kappa shape index (κ2) is 9.45. The Kier molecular flexibility index (Phi) is 6.48. The highest BCUT2D eigenvalue weighted by molar-refractivity contribution is 9.10. The van der Waals surface area contributed by atoms with Gasteiger partial charge in [-0.3, -0.25) is 0 Å². The molecular weight excluding hydrogens is 524 g/mol. The molecule has 0 saturated carbocycles. The first-order chi connectivity index (χ1) is 15.1. The highest BCUT2D eigenvalue weighted by Crippen LogP contribution is 2.37. The van der Waals surface area contributed by atoms with E-state index in [2.05, 4.69) is 47.4 Å². The van der Waals surface area contributed by atoms with Gasteiger partial charge < -0.3 is 9.47 Å². The Labute approximate surface area is 196 Å². The maximum Gasteiger partial charge on any atom is 0.244 e. The van der Waals surface area contributed by atoms with Gasteiger partial charge in [0.2, 0.25) is 5.95 Å². The maximum atomic E-state index is 5.41. The summed E-state index contributed by atoms with van der Waals surface area (Å²) in [6.45, 7) is 0. The number of benzene rings is 3. The first-order valence-electron chi connectivity index (χ1n) is 9.33. The Morgan fingerprint density at radius 1 is 0.935 bits per heavy atom. The average molecular weight is 542 g/mol. The zero-order valence-corrected chi connectivity index (χ0v) is 19.9. The van der Waals surface area contributed by atoms with E-state index in [1.54, 1.807) is 20.4 Å². The quantitative estimate of drug-likeness (QED) is 0.229. The normalized spacial score (nSPS) is 11.1. The molecule has 0 unspecified atom stereocenters. The zero-order chi connectivity index (χ0) is 21.8. The number of halogens is 2. The molecule has 4 aromatic rings. The van der Waals surface area contributed by atoms with Crippen LogP contribution in [-0.2, 0) is 0 Å². The van der Waals surface area contributed by atoms with Crippen LogP contribution in [0.1, 0.15) is 5.56 Å². The van der Waals surface area contributed by atoms with Gasteiger partial charge in [0, 0.05) is 21.0 Å². The Morgan fingerprint density at radius 2 is 1.74 bits per heavy atom. The van der Waals surface area contributed by atoms with E-state index in [1.165, 1.54) is 0 Å². The van der Waals surface area contributed by atoms with E-state index in [0.29, 0.717) is 17.4 Å². The third-order valence-corrected chi connectivity index (χ3v) is 5.90. The van der Waals surface area contributed by atoms with E-state index in [-0.39, 0.29) is 0 Å². The minimum absolute atomic E-state index is 0.404. The Balaban J connectivity index is 1.69. The molecule has 3 aromatic carbocycles. The van der Waals surface area contributed by atoms with E-state index < -0.39 is 0 Å². The largest absolute Gasteiger partial charge is 0.493 e. The van der Waals surface area contributed by atoms with Crippen LogP contribution in [0.4, 0.5) is 5.95 Å². The third-order valence-electron chi connectivity index (χ3n) is 4.59.